The van der Waals surface area contributed by atoms with Crippen LogP contribution in [0.5, 0.6) is 5.75 Å². The van der Waals surface area contributed by atoms with Gasteiger partial charge in [0.2, 0.25) is 0 Å². The number of amides is 1. The maximum Gasteiger partial charge on any atom is 0.277 e. The molecule has 68 valence electrons. The van der Waals surface area contributed by atoms with Crippen LogP contribution in [-0.2, 0) is 4.79 Å². The molecule has 7 heteroatoms. The fourth-order valence-corrected chi connectivity index (χ4v) is 1.06. The Kier molecular flexibility index (Phi) is 1.80. The first-order chi connectivity index (χ1) is 6.33. The molecule has 1 amide bonds. The number of hydroxylamine groups is 1. The second-order valence-electron chi connectivity index (χ2n) is 2.44. The Morgan fingerprint density at radius 2 is 2.54 bits per heavy atom. The molecule has 0 fully saturated rings. The van der Waals surface area contributed by atoms with E-state index in [0.717, 1.165) is 0 Å². The van der Waals surface area contributed by atoms with Crippen LogP contribution in [0.1, 0.15) is 11.7 Å². The van der Waals surface area contributed by atoms with Crippen molar-refractivity contribution < 1.29 is 9.63 Å². The monoisotopic (exact) mass is 181 g/mol. The van der Waals surface area contributed by atoms with Gasteiger partial charge in [-0.2, -0.15) is 5.48 Å². The van der Waals surface area contributed by atoms with Crippen LogP contribution in [0.25, 0.3) is 0 Å². The predicted octanol–water partition coefficient (Wildman–Crippen LogP) is -1.60. The molecule has 0 bridgehead atoms. The number of aromatic nitrogens is 2. The molecule has 4 N–H and O–H groups in total. The lowest BCUT2D eigenvalue weighted by atomic mass is 10.2. The van der Waals surface area contributed by atoms with Gasteiger partial charge < -0.3 is 4.84 Å². The molecule has 1 atom stereocenters. The van der Waals surface area contributed by atoms with Gasteiger partial charge in [0.05, 0.1) is 6.20 Å². The van der Waals surface area contributed by atoms with Gasteiger partial charge in [-0.1, -0.05) is 0 Å². The van der Waals surface area contributed by atoms with Crippen molar-refractivity contribution in [1.29, 1.82) is 0 Å². The van der Waals surface area contributed by atoms with Gasteiger partial charge in [0.1, 0.15) is 18.1 Å². The van der Waals surface area contributed by atoms with Gasteiger partial charge in [0.25, 0.3) is 5.91 Å². The molecule has 1 aromatic heterocycles. The third-order valence-electron chi connectivity index (χ3n) is 1.67. The molecule has 0 saturated heterocycles. The van der Waals surface area contributed by atoms with Crippen molar-refractivity contribution in [3.8, 4) is 5.75 Å². The first kappa shape index (κ1) is 7.90. The van der Waals surface area contributed by atoms with E-state index >= 15 is 0 Å². The summed E-state index contributed by atoms with van der Waals surface area (Å²) in [5.74, 6) is 5.19. The van der Waals surface area contributed by atoms with Crippen molar-refractivity contribution in [1.82, 2.24) is 20.9 Å². The number of hydrazine groups is 1. The minimum Gasteiger partial charge on any atom is -0.376 e. The number of nitrogens with one attached hydrogen (secondary N) is 2. The standard InChI is InChI=1S/C6H7N5O2/c7-10-5-4-3(1-8-2-9-4)13-11-6(5)12/h1-2,5,10H,7H2,(H,11,12). The fraction of sp³-hybridized carbons (Fsp3) is 0.167. The second kappa shape index (κ2) is 2.96. The van der Waals surface area contributed by atoms with Crippen LogP contribution in [0, 0.1) is 0 Å². The molecule has 7 nitrogen and oxygen atoms in total. The summed E-state index contributed by atoms with van der Waals surface area (Å²) in [4.78, 5) is 23.6. The number of fused-ring (bicyclic) bond motifs is 1. The summed E-state index contributed by atoms with van der Waals surface area (Å²) < 4.78 is 0. The van der Waals surface area contributed by atoms with Crippen LogP contribution in [0.3, 0.4) is 0 Å². The molecule has 1 aliphatic rings. The lowest BCUT2D eigenvalue weighted by molar-refractivity contribution is -0.131. The van der Waals surface area contributed by atoms with Crippen molar-refractivity contribution in [3.05, 3.63) is 18.2 Å². The van der Waals surface area contributed by atoms with E-state index in [1.807, 2.05) is 0 Å². The summed E-state index contributed by atoms with van der Waals surface area (Å²) in [6, 6.07) is -0.688. The van der Waals surface area contributed by atoms with Gasteiger partial charge >= 0.3 is 0 Å². The molecule has 1 unspecified atom stereocenters. The largest absolute Gasteiger partial charge is 0.376 e. The highest BCUT2D eigenvalue weighted by Crippen LogP contribution is 2.23. The number of rotatable bonds is 1. The Bertz CT molecular complexity index is 342. The van der Waals surface area contributed by atoms with Crippen LogP contribution in [0.2, 0.25) is 0 Å². The number of carbonyl (C=O) groups excluding carboxylic acids is 1. The van der Waals surface area contributed by atoms with Crippen molar-refractivity contribution in [3.63, 3.8) is 0 Å². The first-order valence-corrected chi connectivity index (χ1v) is 3.55. The molecule has 2 heterocycles. The average molecular weight is 181 g/mol. The molecule has 0 aromatic carbocycles. The van der Waals surface area contributed by atoms with E-state index in [0.29, 0.717) is 11.4 Å². The zero-order chi connectivity index (χ0) is 9.26. The maximum atomic E-state index is 11.1. The van der Waals surface area contributed by atoms with Crippen LogP contribution in [-0.4, -0.2) is 15.9 Å². The predicted molar refractivity (Wildman–Crippen MR) is 40.9 cm³/mol. The zero-order valence-corrected chi connectivity index (χ0v) is 6.52. The van der Waals surface area contributed by atoms with Gasteiger partial charge in [-0.05, 0) is 0 Å². The summed E-state index contributed by atoms with van der Waals surface area (Å²) in [5.41, 5.74) is 4.94. The van der Waals surface area contributed by atoms with Gasteiger partial charge in [-0.3, -0.25) is 10.6 Å². The summed E-state index contributed by atoms with van der Waals surface area (Å²) in [6.45, 7) is 0. The molecule has 13 heavy (non-hydrogen) atoms. The van der Waals surface area contributed by atoms with E-state index in [-0.39, 0.29) is 5.91 Å². The molecule has 2 rings (SSSR count). The minimum atomic E-state index is -0.688. The van der Waals surface area contributed by atoms with Crippen LogP contribution in [0.4, 0.5) is 0 Å². The van der Waals surface area contributed by atoms with Crippen LogP contribution >= 0.6 is 0 Å². The zero-order valence-electron chi connectivity index (χ0n) is 6.52. The van der Waals surface area contributed by atoms with Gasteiger partial charge in [-0.25, -0.2) is 15.4 Å². The number of nitrogens with two attached hydrogens (primary N) is 1. The molecule has 0 spiro atoms. The lowest BCUT2D eigenvalue weighted by Crippen LogP contribution is -2.46. The van der Waals surface area contributed by atoms with E-state index in [4.69, 9.17) is 10.7 Å². The van der Waals surface area contributed by atoms with Gasteiger partial charge in [0, 0.05) is 0 Å². The molecule has 0 aliphatic carbocycles. The van der Waals surface area contributed by atoms with E-state index in [1.54, 1.807) is 0 Å². The van der Waals surface area contributed by atoms with E-state index in [1.165, 1.54) is 12.5 Å². The molecule has 1 aromatic rings. The smallest absolute Gasteiger partial charge is 0.277 e. The van der Waals surface area contributed by atoms with Gasteiger partial charge in [-0.15, -0.1) is 0 Å². The Balaban J connectivity index is 2.45. The Morgan fingerprint density at radius 1 is 1.69 bits per heavy atom. The summed E-state index contributed by atoms with van der Waals surface area (Å²) in [5, 5.41) is 0. The lowest BCUT2D eigenvalue weighted by Gasteiger charge is -2.22. The average Bonchev–Trinajstić information content (AvgIpc) is 2.18. The number of nitrogens with zero attached hydrogens (tertiary/aromatic N) is 2. The number of hydrogen-bond acceptors (Lipinski definition) is 6. The SMILES string of the molecule is NNC1C(=O)NOc2cncnc21. The fourth-order valence-electron chi connectivity index (χ4n) is 1.06. The van der Waals surface area contributed by atoms with Crippen molar-refractivity contribution in [2.75, 3.05) is 0 Å². The Hall–Kier alpha value is -1.73. The third-order valence-corrected chi connectivity index (χ3v) is 1.67. The molecular weight excluding hydrogens is 174 g/mol. The molecular formula is C6H7N5O2. The second-order valence-corrected chi connectivity index (χ2v) is 2.44. The van der Waals surface area contributed by atoms with Crippen molar-refractivity contribution in [2.45, 2.75) is 6.04 Å². The summed E-state index contributed by atoms with van der Waals surface area (Å²) in [7, 11) is 0. The quantitative estimate of drug-likeness (QED) is 0.356. The van der Waals surface area contributed by atoms with Crippen LogP contribution < -0.4 is 21.6 Å². The topological polar surface area (TPSA) is 102 Å². The highest BCUT2D eigenvalue weighted by molar-refractivity contribution is 5.83. The van der Waals surface area contributed by atoms with E-state index in [9.17, 15) is 4.79 Å². The highest BCUT2D eigenvalue weighted by atomic mass is 16.7. The van der Waals surface area contributed by atoms with Crippen molar-refractivity contribution in [2.24, 2.45) is 5.84 Å². The highest BCUT2D eigenvalue weighted by Gasteiger charge is 2.29. The van der Waals surface area contributed by atoms with E-state index < -0.39 is 6.04 Å². The molecule has 0 saturated carbocycles. The summed E-state index contributed by atoms with van der Waals surface area (Å²) >= 11 is 0. The third kappa shape index (κ3) is 1.19. The normalized spacial score (nSPS) is 20.1. The van der Waals surface area contributed by atoms with Crippen molar-refractivity contribution >= 4 is 5.91 Å². The Morgan fingerprint density at radius 3 is 3.31 bits per heavy atom. The number of carbonyl (C=O) groups is 1. The minimum absolute atomic E-state index is 0.381. The van der Waals surface area contributed by atoms with Gasteiger partial charge in [0.15, 0.2) is 5.75 Å². The number of hydrogen-bond donors (Lipinski definition) is 3. The Labute approximate surface area is 73.2 Å². The molecule has 1 aliphatic heterocycles. The summed E-state index contributed by atoms with van der Waals surface area (Å²) in [6.07, 6.45) is 2.78. The van der Waals surface area contributed by atoms with Crippen LogP contribution in [0.15, 0.2) is 12.5 Å². The molecule has 0 radical (unpaired) electrons. The van der Waals surface area contributed by atoms with E-state index in [2.05, 4.69) is 20.9 Å². The maximum absolute atomic E-state index is 11.1. The first-order valence-electron chi connectivity index (χ1n) is 3.55.